The molecule has 0 aromatic heterocycles. The standard InChI is InChI=1S/C13H20N6/c1-4-19(5-2)12-8-6-11(7-9-12)15-17-13-16-14-10-18(13)3/h6-9,14H,4-5,10H2,1-3H3/p+1. The SMILES string of the molecule is CCN(CC)c1ccc(N=NC2=N[NH2+]CN2C)cc1. The third kappa shape index (κ3) is 3.29. The van der Waals surface area contributed by atoms with Crippen molar-refractivity contribution in [3.05, 3.63) is 24.3 Å². The van der Waals surface area contributed by atoms with E-state index < -0.39 is 0 Å². The monoisotopic (exact) mass is 261 g/mol. The van der Waals surface area contributed by atoms with Gasteiger partial charge in [0, 0.05) is 25.8 Å². The van der Waals surface area contributed by atoms with Gasteiger partial charge < -0.3 is 4.90 Å². The van der Waals surface area contributed by atoms with Crippen molar-refractivity contribution in [2.45, 2.75) is 13.8 Å². The van der Waals surface area contributed by atoms with Gasteiger partial charge in [0.2, 0.25) is 0 Å². The Morgan fingerprint density at radius 1 is 1.21 bits per heavy atom. The summed E-state index contributed by atoms with van der Waals surface area (Å²) in [5.74, 6) is 0.660. The van der Waals surface area contributed by atoms with Crippen LogP contribution in [0.5, 0.6) is 0 Å². The summed E-state index contributed by atoms with van der Waals surface area (Å²) in [7, 11) is 1.95. The number of hydrogen-bond acceptors (Lipinski definition) is 5. The van der Waals surface area contributed by atoms with Crippen molar-refractivity contribution in [1.29, 1.82) is 0 Å². The van der Waals surface area contributed by atoms with Crippen molar-refractivity contribution >= 4 is 17.3 Å². The molecule has 0 saturated carbocycles. The number of anilines is 1. The van der Waals surface area contributed by atoms with Crippen molar-refractivity contribution in [3.8, 4) is 0 Å². The second-order valence-electron chi connectivity index (χ2n) is 4.38. The molecule has 6 heteroatoms. The molecular weight excluding hydrogens is 240 g/mol. The Balaban J connectivity index is 2.04. The fraction of sp³-hybridized carbons (Fsp3) is 0.462. The minimum absolute atomic E-state index is 0.660. The van der Waals surface area contributed by atoms with Gasteiger partial charge in [-0.15, -0.1) is 10.2 Å². The van der Waals surface area contributed by atoms with Crippen LogP contribution in [0.3, 0.4) is 0 Å². The van der Waals surface area contributed by atoms with Crippen LogP contribution in [0.4, 0.5) is 11.4 Å². The molecule has 1 aliphatic rings. The van der Waals surface area contributed by atoms with Crippen LogP contribution in [0.25, 0.3) is 0 Å². The Bertz CT molecular complexity index is 461. The van der Waals surface area contributed by atoms with E-state index in [2.05, 4.69) is 46.2 Å². The molecule has 1 aromatic carbocycles. The van der Waals surface area contributed by atoms with E-state index in [1.807, 2.05) is 29.5 Å². The van der Waals surface area contributed by atoms with Gasteiger partial charge >= 0.3 is 5.96 Å². The zero-order valence-electron chi connectivity index (χ0n) is 11.7. The minimum Gasteiger partial charge on any atom is -0.372 e. The highest BCUT2D eigenvalue weighted by molar-refractivity contribution is 5.80. The van der Waals surface area contributed by atoms with Crippen molar-refractivity contribution in [2.75, 3.05) is 31.7 Å². The highest BCUT2D eigenvalue weighted by atomic mass is 15.5. The first-order valence-electron chi connectivity index (χ1n) is 6.62. The number of hydrogen-bond donors (Lipinski definition) is 1. The number of rotatable bonds is 4. The highest BCUT2D eigenvalue weighted by Crippen LogP contribution is 2.20. The van der Waals surface area contributed by atoms with Crippen LogP contribution in [0.15, 0.2) is 39.6 Å². The second kappa shape index (κ2) is 6.29. The number of guanidine groups is 1. The molecule has 0 spiro atoms. The van der Waals surface area contributed by atoms with Crippen molar-refractivity contribution in [3.63, 3.8) is 0 Å². The Labute approximate surface area is 113 Å². The molecule has 0 bridgehead atoms. The molecule has 19 heavy (non-hydrogen) atoms. The lowest BCUT2D eigenvalue weighted by molar-refractivity contribution is -0.662. The molecule has 0 amide bonds. The summed E-state index contributed by atoms with van der Waals surface area (Å²) in [5, 5.41) is 12.5. The normalized spacial score (nSPS) is 15.1. The van der Waals surface area contributed by atoms with Gasteiger partial charge in [0.05, 0.1) is 5.69 Å². The molecular formula is C13H21N6+. The molecule has 0 unspecified atom stereocenters. The number of nitrogens with two attached hydrogens (primary N) is 1. The molecule has 0 aliphatic carbocycles. The van der Waals surface area contributed by atoms with Gasteiger partial charge in [0.15, 0.2) is 6.67 Å². The van der Waals surface area contributed by atoms with Gasteiger partial charge in [0.1, 0.15) is 0 Å². The zero-order chi connectivity index (χ0) is 13.7. The maximum absolute atomic E-state index is 4.20. The minimum atomic E-state index is 0.660. The summed E-state index contributed by atoms with van der Waals surface area (Å²) in [4.78, 5) is 4.25. The first kappa shape index (κ1) is 13.5. The zero-order valence-corrected chi connectivity index (χ0v) is 11.7. The maximum atomic E-state index is 4.20. The van der Waals surface area contributed by atoms with E-state index in [1.54, 1.807) is 0 Å². The van der Waals surface area contributed by atoms with E-state index in [0.717, 1.165) is 25.4 Å². The van der Waals surface area contributed by atoms with Gasteiger partial charge in [0.25, 0.3) is 0 Å². The maximum Gasteiger partial charge on any atom is 0.301 e. The van der Waals surface area contributed by atoms with E-state index >= 15 is 0 Å². The Hall–Kier alpha value is -1.95. The van der Waals surface area contributed by atoms with Gasteiger partial charge in [-0.25, -0.2) is 0 Å². The Morgan fingerprint density at radius 2 is 1.89 bits per heavy atom. The average Bonchev–Trinajstić information content (AvgIpc) is 2.85. The van der Waals surface area contributed by atoms with Crippen LogP contribution in [-0.4, -0.2) is 37.7 Å². The van der Waals surface area contributed by atoms with Crippen LogP contribution >= 0.6 is 0 Å². The number of quaternary nitrogens is 1. The first-order chi connectivity index (χ1) is 9.24. The van der Waals surface area contributed by atoms with Crippen LogP contribution < -0.4 is 10.3 Å². The first-order valence-corrected chi connectivity index (χ1v) is 6.62. The predicted molar refractivity (Wildman–Crippen MR) is 76.5 cm³/mol. The molecule has 6 nitrogen and oxygen atoms in total. The summed E-state index contributed by atoms with van der Waals surface area (Å²) in [6.07, 6.45) is 0. The topological polar surface area (TPSA) is 60.2 Å². The Morgan fingerprint density at radius 3 is 2.42 bits per heavy atom. The molecule has 1 aromatic rings. The van der Waals surface area contributed by atoms with Crippen molar-refractivity contribution in [1.82, 2.24) is 4.90 Å². The van der Waals surface area contributed by atoms with Crippen LogP contribution in [0.2, 0.25) is 0 Å². The lowest BCUT2D eigenvalue weighted by Gasteiger charge is -2.20. The van der Waals surface area contributed by atoms with E-state index in [4.69, 9.17) is 0 Å². The molecule has 2 N–H and O–H groups in total. The summed E-state index contributed by atoms with van der Waals surface area (Å²) in [5.41, 5.74) is 3.89. The highest BCUT2D eigenvalue weighted by Gasteiger charge is 2.14. The predicted octanol–water partition coefficient (Wildman–Crippen LogP) is 1.35. The average molecular weight is 261 g/mol. The fourth-order valence-electron chi connectivity index (χ4n) is 1.95. The Kier molecular flexibility index (Phi) is 4.46. The lowest BCUT2D eigenvalue weighted by Crippen LogP contribution is -2.77. The third-order valence-electron chi connectivity index (χ3n) is 3.14. The number of benzene rings is 1. The van der Waals surface area contributed by atoms with Crippen molar-refractivity contribution < 1.29 is 5.43 Å². The van der Waals surface area contributed by atoms with Gasteiger partial charge in [-0.1, -0.05) is 0 Å². The van der Waals surface area contributed by atoms with E-state index in [9.17, 15) is 0 Å². The summed E-state index contributed by atoms with van der Waals surface area (Å²) < 4.78 is 0. The van der Waals surface area contributed by atoms with Gasteiger partial charge in [-0.05, 0) is 43.2 Å². The van der Waals surface area contributed by atoms with E-state index in [1.165, 1.54) is 5.69 Å². The molecule has 0 atom stereocenters. The van der Waals surface area contributed by atoms with Crippen molar-refractivity contribution in [2.24, 2.45) is 15.3 Å². The molecule has 0 radical (unpaired) electrons. The smallest absolute Gasteiger partial charge is 0.301 e. The number of azo groups is 1. The van der Waals surface area contributed by atoms with E-state index in [0.29, 0.717) is 5.96 Å². The summed E-state index contributed by atoms with van der Waals surface area (Å²) in [6.45, 7) is 7.13. The van der Waals surface area contributed by atoms with Crippen LogP contribution in [0.1, 0.15) is 13.8 Å². The quantitative estimate of drug-likeness (QED) is 0.657. The third-order valence-corrected chi connectivity index (χ3v) is 3.14. The number of nitrogens with zero attached hydrogens (tertiary/aromatic N) is 5. The van der Waals surface area contributed by atoms with Crippen LogP contribution in [-0.2, 0) is 0 Å². The summed E-state index contributed by atoms with van der Waals surface area (Å²) in [6, 6.07) is 8.12. The molecule has 102 valence electrons. The molecule has 0 fully saturated rings. The summed E-state index contributed by atoms with van der Waals surface area (Å²) >= 11 is 0. The molecule has 0 saturated heterocycles. The molecule has 1 aliphatic heterocycles. The van der Waals surface area contributed by atoms with Gasteiger partial charge in [-0.3, -0.25) is 4.90 Å². The lowest BCUT2D eigenvalue weighted by atomic mass is 10.2. The molecule has 1 heterocycles. The second-order valence-corrected chi connectivity index (χ2v) is 4.38. The van der Waals surface area contributed by atoms with E-state index in [-0.39, 0.29) is 0 Å². The van der Waals surface area contributed by atoms with Crippen LogP contribution in [0, 0.1) is 0 Å². The largest absolute Gasteiger partial charge is 0.372 e. The fourth-order valence-corrected chi connectivity index (χ4v) is 1.95. The molecule has 2 rings (SSSR count). The van der Waals surface area contributed by atoms with Gasteiger partial charge in [-0.2, -0.15) is 5.43 Å².